The van der Waals surface area contributed by atoms with Crippen LogP contribution in [-0.4, -0.2) is 37.3 Å². The number of benzene rings is 1. The van der Waals surface area contributed by atoms with Crippen LogP contribution in [0.2, 0.25) is 0 Å². The summed E-state index contributed by atoms with van der Waals surface area (Å²) in [5.74, 6) is 0.867. The predicted octanol–water partition coefficient (Wildman–Crippen LogP) is 2.00. The summed E-state index contributed by atoms with van der Waals surface area (Å²) < 4.78 is 5.68. The molecule has 94 valence electrons. The molecule has 2 rings (SSSR count). The first kappa shape index (κ1) is 12.4. The van der Waals surface area contributed by atoms with Gasteiger partial charge in [0.1, 0.15) is 12.4 Å². The van der Waals surface area contributed by atoms with Gasteiger partial charge in [0.15, 0.2) is 0 Å². The van der Waals surface area contributed by atoms with Crippen molar-refractivity contribution < 1.29 is 9.84 Å². The molecule has 1 atom stereocenters. The van der Waals surface area contributed by atoms with Crippen LogP contribution < -0.4 is 4.74 Å². The largest absolute Gasteiger partial charge is 0.492 e. The van der Waals surface area contributed by atoms with E-state index in [1.54, 1.807) is 0 Å². The van der Waals surface area contributed by atoms with E-state index in [9.17, 15) is 5.11 Å². The van der Waals surface area contributed by atoms with Crippen LogP contribution in [-0.2, 0) is 6.42 Å². The zero-order valence-corrected chi connectivity index (χ0v) is 10.6. The Kier molecular flexibility index (Phi) is 4.02. The summed E-state index contributed by atoms with van der Waals surface area (Å²) in [5, 5.41) is 9.94. The van der Waals surface area contributed by atoms with Crippen molar-refractivity contribution in [2.45, 2.75) is 25.4 Å². The number of fused-ring (bicyclic) bond motifs is 1. The number of aliphatic hydroxyl groups is 1. The molecule has 0 saturated heterocycles. The summed E-state index contributed by atoms with van der Waals surface area (Å²) in [6, 6.07) is 6.09. The summed E-state index contributed by atoms with van der Waals surface area (Å²) in [5.41, 5.74) is 2.32. The van der Waals surface area contributed by atoms with E-state index in [0.717, 1.165) is 37.1 Å². The average Bonchev–Trinajstić information content (AvgIpc) is 2.30. The minimum atomic E-state index is -0.309. The van der Waals surface area contributed by atoms with Crippen LogP contribution in [0.15, 0.2) is 18.2 Å². The molecule has 0 spiro atoms. The summed E-state index contributed by atoms with van der Waals surface area (Å²) in [6.45, 7) is 1.58. The number of hydrogen-bond donors (Lipinski definition) is 1. The first-order valence-electron chi connectivity index (χ1n) is 6.25. The Morgan fingerprint density at radius 3 is 3.00 bits per heavy atom. The second-order valence-electron chi connectivity index (χ2n) is 4.92. The molecule has 0 radical (unpaired) electrons. The van der Waals surface area contributed by atoms with Gasteiger partial charge in [0, 0.05) is 6.54 Å². The molecule has 1 aliphatic carbocycles. The standard InChI is InChI=1S/C14H21NO2/c1-15(2)8-9-17-12-7-6-11-4-3-5-14(16)13(11)10-12/h6-7,10,14,16H,3-5,8-9H2,1-2H3. The van der Waals surface area contributed by atoms with Crippen molar-refractivity contribution in [3.63, 3.8) is 0 Å². The highest BCUT2D eigenvalue weighted by atomic mass is 16.5. The molecular weight excluding hydrogens is 214 g/mol. The Morgan fingerprint density at radius 2 is 2.24 bits per heavy atom. The maximum Gasteiger partial charge on any atom is 0.119 e. The van der Waals surface area contributed by atoms with Crippen LogP contribution in [0, 0.1) is 0 Å². The lowest BCUT2D eigenvalue weighted by molar-refractivity contribution is 0.156. The van der Waals surface area contributed by atoms with Gasteiger partial charge in [-0.1, -0.05) is 6.07 Å². The molecule has 0 fully saturated rings. The predicted molar refractivity (Wildman–Crippen MR) is 68.4 cm³/mol. The van der Waals surface area contributed by atoms with Gasteiger partial charge in [-0.2, -0.15) is 0 Å². The zero-order valence-electron chi connectivity index (χ0n) is 10.6. The normalized spacial score (nSPS) is 19.2. The Labute approximate surface area is 103 Å². The van der Waals surface area contributed by atoms with Crippen molar-refractivity contribution in [3.05, 3.63) is 29.3 Å². The molecule has 1 unspecified atom stereocenters. The van der Waals surface area contributed by atoms with E-state index in [0.29, 0.717) is 6.61 Å². The monoisotopic (exact) mass is 235 g/mol. The minimum absolute atomic E-state index is 0.309. The molecule has 17 heavy (non-hydrogen) atoms. The van der Waals surface area contributed by atoms with Crippen LogP contribution in [0.1, 0.15) is 30.1 Å². The molecule has 3 heteroatoms. The van der Waals surface area contributed by atoms with E-state index < -0.39 is 0 Å². The van der Waals surface area contributed by atoms with Crippen molar-refractivity contribution in [1.82, 2.24) is 4.90 Å². The van der Waals surface area contributed by atoms with Gasteiger partial charge in [-0.25, -0.2) is 0 Å². The molecule has 1 aromatic rings. The molecule has 1 aromatic carbocycles. The summed E-state index contributed by atoms with van der Waals surface area (Å²) in [7, 11) is 4.06. The van der Waals surface area contributed by atoms with Gasteiger partial charge in [0.25, 0.3) is 0 Å². The molecule has 0 aromatic heterocycles. The van der Waals surface area contributed by atoms with Gasteiger partial charge in [-0.3, -0.25) is 0 Å². The third kappa shape index (κ3) is 3.20. The SMILES string of the molecule is CN(C)CCOc1ccc2c(c1)C(O)CCC2. The van der Waals surface area contributed by atoms with E-state index in [1.807, 2.05) is 26.2 Å². The molecule has 0 amide bonds. The van der Waals surface area contributed by atoms with E-state index in [-0.39, 0.29) is 6.10 Å². The molecule has 1 aliphatic rings. The quantitative estimate of drug-likeness (QED) is 0.866. The topological polar surface area (TPSA) is 32.7 Å². The Bertz CT molecular complexity index is 376. The average molecular weight is 235 g/mol. The maximum atomic E-state index is 9.94. The number of nitrogens with zero attached hydrogens (tertiary/aromatic N) is 1. The number of ether oxygens (including phenoxy) is 1. The first-order valence-corrected chi connectivity index (χ1v) is 6.25. The fourth-order valence-corrected chi connectivity index (χ4v) is 2.19. The van der Waals surface area contributed by atoms with Crippen LogP contribution in [0.5, 0.6) is 5.75 Å². The highest BCUT2D eigenvalue weighted by Gasteiger charge is 2.18. The Hall–Kier alpha value is -1.06. The van der Waals surface area contributed by atoms with Crippen molar-refractivity contribution >= 4 is 0 Å². The lowest BCUT2D eigenvalue weighted by Gasteiger charge is -2.22. The second kappa shape index (κ2) is 5.52. The van der Waals surface area contributed by atoms with E-state index in [4.69, 9.17) is 4.74 Å². The molecule has 1 N–H and O–H groups in total. The van der Waals surface area contributed by atoms with Crippen molar-refractivity contribution in [2.75, 3.05) is 27.2 Å². The van der Waals surface area contributed by atoms with Gasteiger partial charge in [-0.05, 0) is 56.6 Å². The van der Waals surface area contributed by atoms with E-state index in [1.165, 1.54) is 5.56 Å². The lowest BCUT2D eigenvalue weighted by atomic mass is 9.89. The second-order valence-corrected chi connectivity index (χ2v) is 4.92. The number of aryl methyl sites for hydroxylation is 1. The molecule has 0 saturated carbocycles. The number of hydrogen-bond acceptors (Lipinski definition) is 3. The van der Waals surface area contributed by atoms with Crippen molar-refractivity contribution in [2.24, 2.45) is 0 Å². The molecule has 0 heterocycles. The molecule has 0 bridgehead atoms. The third-order valence-electron chi connectivity index (χ3n) is 3.21. The van der Waals surface area contributed by atoms with Crippen molar-refractivity contribution in [1.29, 1.82) is 0 Å². The first-order chi connectivity index (χ1) is 8.16. The molecule has 3 nitrogen and oxygen atoms in total. The van der Waals surface area contributed by atoms with Crippen LogP contribution >= 0.6 is 0 Å². The highest BCUT2D eigenvalue weighted by molar-refractivity contribution is 5.38. The van der Waals surface area contributed by atoms with Gasteiger partial charge in [-0.15, -0.1) is 0 Å². The summed E-state index contributed by atoms with van der Waals surface area (Å²) in [4.78, 5) is 2.09. The maximum absolute atomic E-state index is 9.94. The fourth-order valence-electron chi connectivity index (χ4n) is 2.19. The van der Waals surface area contributed by atoms with E-state index in [2.05, 4.69) is 11.0 Å². The van der Waals surface area contributed by atoms with Gasteiger partial charge < -0.3 is 14.7 Å². The summed E-state index contributed by atoms with van der Waals surface area (Å²) >= 11 is 0. The summed E-state index contributed by atoms with van der Waals surface area (Å²) in [6.07, 6.45) is 2.71. The van der Waals surface area contributed by atoms with Crippen LogP contribution in [0.4, 0.5) is 0 Å². The smallest absolute Gasteiger partial charge is 0.119 e. The third-order valence-corrected chi connectivity index (χ3v) is 3.21. The number of likely N-dealkylation sites (N-methyl/N-ethyl adjacent to an activating group) is 1. The Balaban J connectivity index is 2.02. The Morgan fingerprint density at radius 1 is 1.41 bits per heavy atom. The lowest BCUT2D eigenvalue weighted by Crippen LogP contribution is -2.19. The van der Waals surface area contributed by atoms with Crippen LogP contribution in [0.3, 0.4) is 0 Å². The van der Waals surface area contributed by atoms with Crippen LogP contribution in [0.25, 0.3) is 0 Å². The van der Waals surface area contributed by atoms with Crippen molar-refractivity contribution in [3.8, 4) is 5.75 Å². The number of rotatable bonds is 4. The van der Waals surface area contributed by atoms with Gasteiger partial charge >= 0.3 is 0 Å². The van der Waals surface area contributed by atoms with Gasteiger partial charge in [0.05, 0.1) is 6.10 Å². The fraction of sp³-hybridized carbons (Fsp3) is 0.571. The highest BCUT2D eigenvalue weighted by Crippen LogP contribution is 2.32. The van der Waals surface area contributed by atoms with E-state index >= 15 is 0 Å². The zero-order chi connectivity index (χ0) is 12.3. The molecular formula is C14H21NO2. The molecule has 0 aliphatic heterocycles. The van der Waals surface area contributed by atoms with Gasteiger partial charge in [0.2, 0.25) is 0 Å². The number of aliphatic hydroxyl groups excluding tert-OH is 1. The minimum Gasteiger partial charge on any atom is -0.492 e.